The van der Waals surface area contributed by atoms with Crippen molar-refractivity contribution in [2.75, 3.05) is 65.6 Å². The third kappa shape index (κ3) is 4.40. The summed E-state index contributed by atoms with van der Waals surface area (Å²) < 4.78 is 17.4. The van der Waals surface area contributed by atoms with Gasteiger partial charge in [-0.15, -0.1) is 0 Å². The van der Waals surface area contributed by atoms with Crippen LogP contribution in [-0.2, 0) is 9.47 Å². The number of rotatable bonds is 7. The first-order valence-corrected chi connectivity index (χ1v) is 9.08. The van der Waals surface area contributed by atoms with E-state index in [2.05, 4.69) is 33.9 Å². The molecule has 2 atom stereocenters. The van der Waals surface area contributed by atoms with Gasteiger partial charge in [-0.3, -0.25) is 0 Å². The van der Waals surface area contributed by atoms with Crippen molar-refractivity contribution in [3.05, 3.63) is 12.4 Å². The van der Waals surface area contributed by atoms with Crippen molar-refractivity contribution >= 4 is 5.82 Å². The van der Waals surface area contributed by atoms with Gasteiger partial charge in [0, 0.05) is 37.7 Å². The molecule has 0 N–H and O–H groups in total. The van der Waals surface area contributed by atoms with E-state index in [1.165, 1.54) is 0 Å². The number of piperidine rings is 1. The van der Waals surface area contributed by atoms with Gasteiger partial charge in [-0.05, 0) is 33.4 Å². The van der Waals surface area contributed by atoms with Crippen LogP contribution in [0.15, 0.2) is 12.4 Å². The summed E-state index contributed by atoms with van der Waals surface area (Å²) in [4.78, 5) is 13.0. The van der Waals surface area contributed by atoms with Gasteiger partial charge in [-0.2, -0.15) is 0 Å². The van der Waals surface area contributed by atoms with Crippen LogP contribution in [0.2, 0.25) is 0 Å². The lowest BCUT2D eigenvalue weighted by molar-refractivity contribution is -0.125. The minimum absolute atomic E-state index is 0.0427. The second-order valence-electron chi connectivity index (χ2n) is 7.31. The highest BCUT2D eigenvalue weighted by molar-refractivity contribution is 5.42. The zero-order valence-corrected chi connectivity index (χ0v) is 15.6. The van der Waals surface area contributed by atoms with Crippen LogP contribution in [0, 0.1) is 5.41 Å². The van der Waals surface area contributed by atoms with E-state index in [1.807, 2.05) is 6.07 Å². The van der Waals surface area contributed by atoms with Gasteiger partial charge in [0.15, 0.2) is 0 Å². The molecule has 2 saturated heterocycles. The maximum absolute atomic E-state index is 6.12. The standard InChI is InChI=1S/C18H30N4O3/c1-21(2)8-10-24-13-18-6-4-9-25-15(18)5-7-22(12-18)16-11-17(23-3)20-14-19-16/h11,14-15H,4-10,12-13H2,1-3H3/t15-,18+/m0/s1. The van der Waals surface area contributed by atoms with Crippen LogP contribution < -0.4 is 9.64 Å². The van der Waals surface area contributed by atoms with E-state index < -0.39 is 0 Å². The first-order valence-electron chi connectivity index (χ1n) is 9.08. The van der Waals surface area contributed by atoms with E-state index in [4.69, 9.17) is 14.2 Å². The van der Waals surface area contributed by atoms with Crippen molar-refractivity contribution < 1.29 is 14.2 Å². The molecule has 25 heavy (non-hydrogen) atoms. The highest BCUT2D eigenvalue weighted by Gasteiger charge is 2.46. The Bertz CT molecular complexity index is 557. The van der Waals surface area contributed by atoms with Crippen LogP contribution >= 0.6 is 0 Å². The number of ether oxygens (including phenoxy) is 3. The SMILES string of the molecule is COc1cc(N2CC[C@@H]3OCCC[C@]3(COCCN(C)C)C2)ncn1. The van der Waals surface area contributed by atoms with Crippen LogP contribution in [0.1, 0.15) is 19.3 Å². The second kappa shape index (κ2) is 8.29. The molecule has 2 fully saturated rings. The number of aromatic nitrogens is 2. The molecule has 0 bridgehead atoms. The van der Waals surface area contributed by atoms with Gasteiger partial charge >= 0.3 is 0 Å². The fraction of sp³-hybridized carbons (Fsp3) is 0.778. The monoisotopic (exact) mass is 350 g/mol. The maximum Gasteiger partial charge on any atom is 0.218 e. The third-order valence-electron chi connectivity index (χ3n) is 5.22. The fourth-order valence-electron chi connectivity index (χ4n) is 3.83. The second-order valence-corrected chi connectivity index (χ2v) is 7.31. The molecule has 0 unspecified atom stereocenters. The summed E-state index contributed by atoms with van der Waals surface area (Å²) in [6, 6.07) is 1.91. The summed E-state index contributed by atoms with van der Waals surface area (Å²) >= 11 is 0. The van der Waals surface area contributed by atoms with Gasteiger partial charge < -0.3 is 24.0 Å². The van der Waals surface area contributed by atoms with Gasteiger partial charge in [0.05, 0.1) is 26.4 Å². The Kier molecular flexibility index (Phi) is 6.09. The van der Waals surface area contributed by atoms with Crippen LogP contribution in [0.25, 0.3) is 0 Å². The topological polar surface area (TPSA) is 60.0 Å². The molecule has 0 aliphatic carbocycles. The Morgan fingerprint density at radius 3 is 3.08 bits per heavy atom. The lowest BCUT2D eigenvalue weighted by Crippen LogP contribution is -2.57. The lowest BCUT2D eigenvalue weighted by atomic mass is 9.73. The molecule has 2 aliphatic rings. The molecule has 1 aromatic heterocycles. The zero-order valence-electron chi connectivity index (χ0n) is 15.6. The van der Waals surface area contributed by atoms with Gasteiger partial charge in [0.1, 0.15) is 12.1 Å². The van der Waals surface area contributed by atoms with Crippen molar-refractivity contribution in [1.29, 1.82) is 0 Å². The van der Waals surface area contributed by atoms with Gasteiger partial charge in [-0.1, -0.05) is 0 Å². The predicted octanol–water partition coefficient (Wildman–Crippen LogP) is 1.44. The zero-order chi connectivity index (χ0) is 17.7. The maximum atomic E-state index is 6.12. The average Bonchev–Trinajstić information content (AvgIpc) is 2.64. The first kappa shape index (κ1) is 18.4. The molecular weight excluding hydrogens is 320 g/mol. The molecular formula is C18H30N4O3. The molecule has 1 aromatic rings. The van der Waals surface area contributed by atoms with Gasteiger partial charge in [-0.25, -0.2) is 9.97 Å². The molecule has 2 aliphatic heterocycles. The third-order valence-corrected chi connectivity index (χ3v) is 5.22. The molecule has 7 heteroatoms. The van der Waals surface area contributed by atoms with Crippen molar-refractivity contribution in [2.45, 2.75) is 25.4 Å². The van der Waals surface area contributed by atoms with Gasteiger partial charge in [0.2, 0.25) is 5.88 Å². The summed E-state index contributed by atoms with van der Waals surface area (Å²) in [5.74, 6) is 1.52. The quantitative estimate of drug-likeness (QED) is 0.690. The van der Waals surface area contributed by atoms with E-state index in [-0.39, 0.29) is 11.5 Å². The fourth-order valence-corrected chi connectivity index (χ4v) is 3.83. The molecule has 7 nitrogen and oxygen atoms in total. The molecule has 3 rings (SSSR count). The first-order chi connectivity index (χ1) is 12.1. The number of methoxy groups -OCH3 is 1. The van der Waals surface area contributed by atoms with Gasteiger partial charge in [0.25, 0.3) is 0 Å². The molecule has 0 radical (unpaired) electrons. The van der Waals surface area contributed by atoms with E-state index in [0.29, 0.717) is 5.88 Å². The van der Waals surface area contributed by atoms with E-state index in [0.717, 1.165) is 64.5 Å². The number of hydrogen-bond acceptors (Lipinski definition) is 7. The van der Waals surface area contributed by atoms with Crippen molar-refractivity contribution in [1.82, 2.24) is 14.9 Å². The Labute approximate surface area is 150 Å². The minimum atomic E-state index is 0.0427. The smallest absolute Gasteiger partial charge is 0.218 e. The minimum Gasteiger partial charge on any atom is -0.481 e. The number of anilines is 1. The predicted molar refractivity (Wildman–Crippen MR) is 96.2 cm³/mol. The number of hydrogen-bond donors (Lipinski definition) is 0. The van der Waals surface area contributed by atoms with Crippen LogP contribution in [0.5, 0.6) is 5.88 Å². The van der Waals surface area contributed by atoms with Crippen LogP contribution in [-0.4, -0.2) is 81.6 Å². The number of likely N-dealkylation sites (N-methyl/N-ethyl adjacent to an activating group) is 1. The molecule has 140 valence electrons. The highest BCUT2D eigenvalue weighted by atomic mass is 16.5. The summed E-state index contributed by atoms with van der Waals surface area (Å²) in [6.07, 6.45) is 5.08. The van der Waals surface area contributed by atoms with Crippen molar-refractivity contribution in [3.63, 3.8) is 0 Å². The Balaban J connectivity index is 1.70. The molecule has 3 heterocycles. The normalized spacial score (nSPS) is 26.6. The molecule has 0 spiro atoms. The summed E-state index contributed by atoms with van der Waals surface area (Å²) in [5, 5.41) is 0. The van der Waals surface area contributed by atoms with E-state index in [9.17, 15) is 0 Å². The van der Waals surface area contributed by atoms with Crippen LogP contribution in [0.3, 0.4) is 0 Å². The van der Waals surface area contributed by atoms with E-state index >= 15 is 0 Å². The average molecular weight is 350 g/mol. The molecule has 0 saturated carbocycles. The Morgan fingerprint density at radius 1 is 1.40 bits per heavy atom. The van der Waals surface area contributed by atoms with E-state index in [1.54, 1.807) is 13.4 Å². The summed E-state index contributed by atoms with van der Waals surface area (Å²) in [6.45, 7) is 5.14. The molecule has 0 amide bonds. The Morgan fingerprint density at radius 2 is 2.28 bits per heavy atom. The summed E-state index contributed by atoms with van der Waals surface area (Å²) in [5.41, 5.74) is 0.0427. The summed E-state index contributed by atoms with van der Waals surface area (Å²) in [7, 11) is 5.77. The number of fused-ring (bicyclic) bond motifs is 1. The molecule has 0 aromatic carbocycles. The number of nitrogens with zero attached hydrogens (tertiary/aromatic N) is 4. The van der Waals surface area contributed by atoms with Crippen molar-refractivity contribution in [2.24, 2.45) is 5.41 Å². The highest BCUT2D eigenvalue weighted by Crippen LogP contribution is 2.41. The lowest BCUT2D eigenvalue weighted by Gasteiger charge is -2.50. The van der Waals surface area contributed by atoms with Crippen LogP contribution in [0.4, 0.5) is 5.82 Å². The Hall–Kier alpha value is -1.44. The van der Waals surface area contributed by atoms with Crippen molar-refractivity contribution in [3.8, 4) is 5.88 Å². The largest absolute Gasteiger partial charge is 0.481 e.